The van der Waals surface area contributed by atoms with E-state index in [1.807, 2.05) is 30.3 Å². The van der Waals surface area contributed by atoms with Crippen LogP contribution in [0.15, 0.2) is 30.3 Å². The van der Waals surface area contributed by atoms with E-state index in [9.17, 15) is 14.0 Å². The predicted octanol–water partition coefficient (Wildman–Crippen LogP) is 1.54. The number of para-hydroxylation sites is 1. The molecule has 1 atom stereocenters. The Morgan fingerprint density at radius 2 is 1.92 bits per heavy atom. The minimum absolute atomic E-state index is 0.0823. The Morgan fingerprint density at radius 3 is 2.62 bits per heavy atom. The van der Waals surface area contributed by atoms with Gasteiger partial charge < -0.3 is 19.3 Å². The standard InChI is InChI=1S/C19H23FN2O4/c20-19(7-4-8-19)17(24)21-9-10-25-14-18(12-21)13-22(16(23)11-26-18)15-5-2-1-3-6-15/h1-3,5-6H,4,7-14H2. The first-order valence-electron chi connectivity index (χ1n) is 9.07. The van der Waals surface area contributed by atoms with Crippen molar-refractivity contribution >= 4 is 17.5 Å². The van der Waals surface area contributed by atoms with Gasteiger partial charge in [-0.1, -0.05) is 18.2 Å². The Labute approximate surface area is 151 Å². The zero-order valence-corrected chi connectivity index (χ0v) is 14.7. The summed E-state index contributed by atoms with van der Waals surface area (Å²) in [6.07, 6.45) is 1.31. The van der Waals surface area contributed by atoms with Gasteiger partial charge in [-0.05, 0) is 31.4 Å². The monoisotopic (exact) mass is 362 g/mol. The van der Waals surface area contributed by atoms with E-state index in [1.165, 1.54) is 4.90 Å². The maximum absolute atomic E-state index is 14.6. The van der Waals surface area contributed by atoms with Crippen molar-refractivity contribution in [2.75, 3.05) is 44.4 Å². The van der Waals surface area contributed by atoms with Crippen molar-refractivity contribution in [1.29, 1.82) is 0 Å². The molecule has 1 aromatic rings. The maximum Gasteiger partial charge on any atom is 0.260 e. The lowest BCUT2D eigenvalue weighted by molar-refractivity contribution is -0.158. The molecule has 3 fully saturated rings. The lowest BCUT2D eigenvalue weighted by atomic mass is 9.80. The Kier molecular flexibility index (Phi) is 4.44. The van der Waals surface area contributed by atoms with Gasteiger partial charge in [-0.2, -0.15) is 0 Å². The van der Waals surface area contributed by atoms with Gasteiger partial charge >= 0.3 is 0 Å². The molecule has 1 spiro atoms. The molecule has 7 heteroatoms. The number of anilines is 1. The Bertz CT molecular complexity index is 694. The zero-order chi connectivity index (χ0) is 18.2. The van der Waals surface area contributed by atoms with Crippen molar-refractivity contribution in [3.8, 4) is 0 Å². The number of rotatable bonds is 2. The Morgan fingerprint density at radius 1 is 1.15 bits per heavy atom. The molecular weight excluding hydrogens is 339 g/mol. The number of halogens is 1. The lowest BCUT2D eigenvalue weighted by Gasteiger charge is -2.44. The summed E-state index contributed by atoms with van der Waals surface area (Å²) < 4.78 is 26.2. The summed E-state index contributed by atoms with van der Waals surface area (Å²) in [5.74, 6) is -0.606. The van der Waals surface area contributed by atoms with Crippen LogP contribution in [0.25, 0.3) is 0 Å². The minimum atomic E-state index is -1.74. The molecule has 1 saturated carbocycles. The average Bonchev–Trinajstić information content (AvgIpc) is 2.85. The van der Waals surface area contributed by atoms with Crippen molar-refractivity contribution in [2.45, 2.75) is 30.5 Å². The number of hydrogen-bond acceptors (Lipinski definition) is 4. The molecule has 2 saturated heterocycles. The molecule has 1 aromatic carbocycles. The number of alkyl halides is 1. The number of amides is 2. The van der Waals surface area contributed by atoms with Crippen LogP contribution >= 0.6 is 0 Å². The van der Waals surface area contributed by atoms with E-state index in [0.717, 1.165) is 12.1 Å². The average molecular weight is 362 g/mol. The molecule has 0 aromatic heterocycles. The normalized spacial score (nSPS) is 28.6. The van der Waals surface area contributed by atoms with Crippen LogP contribution in [0, 0.1) is 0 Å². The van der Waals surface area contributed by atoms with E-state index in [1.54, 1.807) is 4.90 Å². The molecule has 2 amide bonds. The van der Waals surface area contributed by atoms with E-state index in [-0.39, 0.29) is 45.1 Å². The molecule has 1 unspecified atom stereocenters. The first kappa shape index (κ1) is 17.4. The summed E-state index contributed by atoms with van der Waals surface area (Å²) in [6, 6.07) is 9.35. The summed E-state index contributed by atoms with van der Waals surface area (Å²) in [5.41, 5.74) is -1.80. The van der Waals surface area contributed by atoms with Crippen molar-refractivity contribution < 1.29 is 23.5 Å². The van der Waals surface area contributed by atoms with Crippen molar-refractivity contribution in [3.05, 3.63) is 30.3 Å². The van der Waals surface area contributed by atoms with Gasteiger partial charge in [0.2, 0.25) is 0 Å². The maximum atomic E-state index is 14.6. The Balaban J connectivity index is 1.56. The number of morpholine rings is 1. The quantitative estimate of drug-likeness (QED) is 0.801. The molecule has 26 heavy (non-hydrogen) atoms. The molecule has 0 bridgehead atoms. The van der Waals surface area contributed by atoms with E-state index < -0.39 is 17.2 Å². The van der Waals surface area contributed by atoms with Crippen LogP contribution in [-0.2, 0) is 19.1 Å². The van der Waals surface area contributed by atoms with E-state index in [4.69, 9.17) is 9.47 Å². The molecule has 6 nitrogen and oxygen atoms in total. The van der Waals surface area contributed by atoms with E-state index in [0.29, 0.717) is 13.2 Å². The summed E-state index contributed by atoms with van der Waals surface area (Å²) in [4.78, 5) is 28.2. The highest BCUT2D eigenvalue weighted by Crippen LogP contribution is 2.38. The van der Waals surface area contributed by atoms with Crippen molar-refractivity contribution in [2.24, 2.45) is 0 Å². The first-order valence-corrected chi connectivity index (χ1v) is 9.07. The van der Waals surface area contributed by atoms with Gasteiger partial charge in [0.25, 0.3) is 11.8 Å². The third kappa shape index (κ3) is 3.10. The van der Waals surface area contributed by atoms with Gasteiger partial charge in [0, 0.05) is 12.2 Å². The molecule has 3 aliphatic rings. The van der Waals surface area contributed by atoms with Gasteiger partial charge in [0.05, 0.1) is 26.3 Å². The van der Waals surface area contributed by atoms with Gasteiger partial charge in [0.1, 0.15) is 12.2 Å². The van der Waals surface area contributed by atoms with Crippen molar-refractivity contribution in [1.82, 2.24) is 4.90 Å². The molecule has 140 valence electrons. The van der Waals surface area contributed by atoms with E-state index >= 15 is 0 Å². The number of ether oxygens (including phenoxy) is 2. The van der Waals surface area contributed by atoms with Crippen molar-refractivity contribution in [3.63, 3.8) is 0 Å². The van der Waals surface area contributed by atoms with Crippen LogP contribution in [-0.4, -0.2) is 67.4 Å². The van der Waals surface area contributed by atoms with Gasteiger partial charge in [-0.3, -0.25) is 9.59 Å². The fraction of sp³-hybridized carbons (Fsp3) is 0.579. The summed E-state index contributed by atoms with van der Waals surface area (Å²) in [6.45, 7) is 1.38. The predicted molar refractivity (Wildman–Crippen MR) is 92.6 cm³/mol. The SMILES string of the molecule is O=C1COC2(COCCN(C(=O)C3(F)CCC3)C2)CN1c1ccccc1. The fourth-order valence-electron chi connectivity index (χ4n) is 3.80. The topological polar surface area (TPSA) is 59.1 Å². The number of carbonyl (C=O) groups excluding carboxylic acids is 2. The highest BCUT2D eigenvalue weighted by molar-refractivity contribution is 5.95. The molecule has 0 radical (unpaired) electrons. The van der Waals surface area contributed by atoms with Crippen LogP contribution in [0.2, 0.25) is 0 Å². The van der Waals surface area contributed by atoms with Gasteiger partial charge in [-0.15, -0.1) is 0 Å². The minimum Gasteiger partial charge on any atom is -0.376 e. The molecule has 2 aliphatic heterocycles. The van der Waals surface area contributed by atoms with E-state index in [2.05, 4.69) is 0 Å². The fourth-order valence-corrected chi connectivity index (χ4v) is 3.80. The number of benzene rings is 1. The molecule has 1 aliphatic carbocycles. The number of carbonyl (C=O) groups is 2. The Hall–Kier alpha value is -1.99. The van der Waals surface area contributed by atoms with Crippen LogP contribution < -0.4 is 4.90 Å². The highest BCUT2D eigenvalue weighted by Gasteiger charge is 2.50. The number of nitrogens with zero attached hydrogens (tertiary/aromatic N) is 2. The third-order valence-corrected chi connectivity index (χ3v) is 5.48. The summed E-state index contributed by atoms with van der Waals surface area (Å²) >= 11 is 0. The first-order chi connectivity index (χ1) is 12.5. The van der Waals surface area contributed by atoms with Crippen LogP contribution in [0.1, 0.15) is 19.3 Å². The molecule has 0 N–H and O–H groups in total. The second kappa shape index (κ2) is 6.63. The second-order valence-electron chi connectivity index (χ2n) is 7.39. The molecular formula is C19H23FN2O4. The number of hydrogen-bond donors (Lipinski definition) is 0. The van der Waals surface area contributed by atoms with Crippen LogP contribution in [0.3, 0.4) is 0 Å². The second-order valence-corrected chi connectivity index (χ2v) is 7.39. The summed E-state index contributed by atoms with van der Waals surface area (Å²) in [5, 5.41) is 0. The third-order valence-electron chi connectivity index (χ3n) is 5.48. The van der Waals surface area contributed by atoms with Gasteiger partial charge in [0.15, 0.2) is 5.67 Å². The van der Waals surface area contributed by atoms with Crippen LogP contribution in [0.4, 0.5) is 10.1 Å². The molecule has 4 rings (SSSR count). The zero-order valence-electron chi connectivity index (χ0n) is 14.7. The summed E-state index contributed by atoms with van der Waals surface area (Å²) in [7, 11) is 0. The lowest BCUT2D eigenvalue weighted by Crippen LogP contribution is -2.62. The molecule has 2 heterocycles. The van der Waals surface area contributed by atoms with Gasteiger partial charge in [-0.25, -0.2) is 4.39 Å². The largest absolute Gasteiger partial charge is 0.376 e. The highest BCUT2D eigenvalue weighted by atomic mass is 19.1. The van der Waals surface area contributed by atoms with Crippen LogP contribution in [0.5, 0.6) is 0 Å². The smallest absolute Gasteiger partial charge is 0.260 e.